The maximum absolute atomic E-state index is 11.5. The molecule has 1 rings (SSSR count). The molecule has 0 heterocycles. The molecular weight excluding hydrogens is 250 g/mol. The maximum atomic E-state index is 11.5. The third kappa shape index (κ3) is 3.57. The molecule has 16 heavy (non-hydrogen) atoms. The Bertz CT molecular complexity index is 459. The van der Waals surface area contributed by atoms with Gasteiger partial charge in [0.1, 0.15) is 5.75 Å². The first-order valence-electron chi connectivity index (χ1n) is 4.82. The number of hydrogen-bond acceptors (Lipinski definition) is 3. The van der Waals surface area contributed by atoms with Crippen molar-refractivity contribution >= 4 is 27.3 Å². The fraction of sp³-hybridized carbons (Fsp3) is 0.400. The summed E-state index contributed by atoms with van der Waals surface area (Å²) in [4.78, 5) is 0. The molecule has 1 aromatic rings. The largest absolute Gasteiger partial charge is 0.495 e. The van der Waals surface area contributed by atoms with E-state index in [-0.39, 0.29) is 5.75 Å². The van der Waals surface area contributed by atoms with Gasteiger partial charge in [0.15, 0.2) is 0 Å². The predicted molar refractivity (Wildman–Crippen MR) is 65.7 cm³/mol. The maximum Gasteiger partial charge on any atom is 0.232 e. The number of nitrogens with one attached hydrogen (secondary N) is 1. The third-order valence-electron chi connectivity index (χ3n) is 1.90. The molecule has 0 radical (unpaired) electrons. The van der Waals surface area contributed by atoms with E-state index in [1.807, 2.05) is 0 Å². The summed E-state index contributed by atoms with van der Waals surface area (Å²) < 4.78 is 30.4. The summed E-state index contributed by atoms with van der Waals surface area (Å²) in [6.45, 7) is 1.81. The zero-order valence-electron chi connectivity index (χ0n) is 9.16. The first-order chi connectivity index (χ1) is 7.48. The van der Waals surface area contributed by atoms with E-state index in [0.717, 1.165) is 0 Å². The molecule has 0 aliphatic rings. The van der Waals surface area contributed by atoms with Gasteiger partial charge in [-0.15, -0.1) is 0 Å². The SMILES string of the molecule is CCCS(=O)(=O)Nc1ccc(OC)c(Cl)c1. The molecular formula is C10H14ClNO3S. The summed E-state index contributed by atoms with van der Waals surface area (Å²) in [5.74, 6) is 0.608. The molecule has 0 aliphatic carbocycles. The second-order valence-corrected chi connectivity index (χ2v) is 5.52. The lowest BCUT2D eigenvalue weighted by atomic mass is 10.3. The molecule has 0 aromatic heterocycles. The van der Waals surface area contributed by atoms with Crippen molar-refractivity contribution in [2.45, 2.75) is 13.3 Å². The minimum Gasteiger partial charge on any atom is -0.495 e. The number of methoxy groups -OCH3 is 1. The Morgan fingerprint density at radius 3 is 2.62 bits per heavy atom. The Morgan fingerprint density at radius 2 is 2.12 bits per heavy atom. The van der Waals surface area contributed by atoms with Crippen LogP contribution in [-0.2, 0) is 10.0 Å². The second-order valence-electron chi connectivity index (χ2n) is 3.27. The Morgan fingerprint density at radius 1 is 1.44 bits per heavy atom. The number of hydrogen-bond donors (Lipinski definition) is 1. The number of halogens is 1. The van der Waals surface area contributed by atoms with Crippen LogP contribution in [0.15, 0.2) is 18.2 Å². The lowest BCUT2D eigenvalue weighted by Crippen LogP contribution is -2.15. The van der Waals surface area contributed by atoms with Crippen LogP contribution in [0, 0.1) is 0 Å². The smallest absolute Gasteiger partial charge is 0.232 e. The zero-order valence-corrected chi connectivity index (χ0v) is 10.7. The van der Waals surface area contributed by atoms with Crippen LogP contribution < -0.4 is 9.46 Å². The lowest BCUT2D eigenvalue weighted by molar-refractivity contribution is 0.415. The number of sulfonamides is 1. The Balaban J connectivity index is 2.87. The van der Waals surface area contributed by atoms with Crippen LogP contribution >= 0.6 is 11.6 Å². The van der Waals surface area contributed by atoms with E-state index in [1.165, 1.54) is 13.2 Å². The van der Waals surface area contributed by atoms with E-state index in [4.69, 9.17) is 16.3 Å². The second kappa shape index (κ2) is 5.41. The van der Waals surface area contributed by atoms with Gasteiger partial charge in [-0.05, 0) is 24.6 Å². The highest BCUT2D eigenvalue weighted by atomic mass is 35.5. The van der Waals surface area contributed by atoms with E-state index in [0.29, 0.717) is 22.9 Å². The van der Waals surface area contributed by atoms with Gasteiger partial charge < -0.3 is 4.74 Å². The normalized spacial score (nSPS) is 11.2. The molecule has 1 N–H and O–H groups in total. The van der Waals surface area contributed by atoms with Gasteiger partial charge in [-0.25, -0.2) is 8.42 Å². The van der Waals surface area contributed by atoms with Crippen molar-refractivity contribution < 1.29 is 13.2 Å². The highest BCUT2D eigenvalue weighted by Crippen LogP contribution is 2.27. The molecule has 6 heteroatoms. The summed E-state index contributed by atoms with van der Waals surface area (Å²) in [6, 6.07) is 4.75. The minimum absolute atomic E-state index is 0.0939. The number of benzene rings is 1. The minimum atomic E-state index is -3.27. The van der Waals surface area contributed by atoms with Crippen LogP contribution in [0.4, 0.5) is 5.69 Å². The Hall–Kier alpha value is -0.940. The molecule has 0 bridgehead atoms. The molecule has 0 fully saturated rings. The molecule has 0 amide bonds. The van der Waals surface area contributed by atoms with E-state index < -0.39 is 10.0 Å². The molecule has 0 unspecified atom stereocenters. The van der Waals surface area contributed by atoms with E-state index in [9.17, 15) is 8.42 Å². The van der Waals surface area contributed by atoms with Crippen molar-refractivity contribution in [1.82, 2.24) is 0 Å². The van der Waals surface area contributed by atoms with Gasteiger partial charge in [0.2, 0.25) is 10.0 Å². The van der Waals surface area contributed by atoms with Crippen molar-refractivity contribution in [1.29, 1.82) is 0 Å². The molecule has 0 saturated carbocycles. The standard InChI is InChI=1S/C10H14ClNO3S/c1-3-6-16(13,14)12-8-4-5-10(15-2)9(11)7-8/h4-5,7,12H,3,6H2,1-2H3. The van der Waals surface area contributed by atoms with E-state index in [1.54, 1.807) is 19.1 Å². The molecule has 0 spiro atoms. The lowest BCUT2D eigenvalue weighted by Gasteiger charge is -2.09. The van der Waals surface area contributed by atoms with Crippen molar-refractivity contribution in [3.05, 3.63) is 23.2 Å². The molecule has 0 atom stereocenters. The van der Waals surface area contributed by atoms with Crippen molar-refractivity contribution in [2.75, 3.05) is 17.6 Å². The van der Waals surface area contributed by atoms with Gasteiger partial charge >= 0.3 is 0 Å². The summed E-state index contributed by atoms with van der Waals surface area (Å²) in [6.07, 6.45) is 0.569. The molecule has 90 valence electrons. The number of rotatable bonds is 5. The van der Waals surface area contributed by atoms with Crippen LogP contribution in [0.25, 0.3) is 0 Å². The highest BCUT2D eigenvalue weighted by Gasteiger charge is 2.10. The zero-order chi connectivity index (χ0) is 12.2. The fourth-order valence-corrected chi connectivity index (χ4v) is 2.61. The highest BCUT2D eigenvalue weighted by molar-refractivity contribution is 7.92. The van der Waals surface area contributed by atoms with Gasteiger partial charge in [-0.2, -0.15) is 0 Å². The molecule has 4 nitrogen and oxygen atoms in total. The first kappa shape index (κ1) is 13.1. The molecule has 0 saturated heterocycles. The number of ether oxygens (including phenoxy) is 1. The van der Waals surface area contributed by atoms with Crippen molar-refractivity contribution in [3.8, 4) is 5.75 Å². The third-order valence-corrected chi connectivity index (χ3v) is 3.69. The molecule has 0 aliphatic heterocycles. The summed E-state index contributed by atoms with van der Waals surface area (Å²) >= 11 is 5.88. The Labute approximate surface area is 101 Å². The van der Waals surface area contributed by atoms with Gasteiger partial charge in [-0.3, -0.25) is 4.72 Å². The van der Waals surface area contributed by atoms with Gasteiger partial charge in [0.05, 0.1) is 23.6 Å². The van der Waals surface area contributed by atoms with E-state index in [2.05, 4.69) is 4.72 Å². The van der Waals surface area contributed by atoms with Crippen LogP contribution in [0.5, 0.6) is 5.75 Å². The van der Waals surface area contributed by atoms with Crippen LogP contribution in [0.1, 0.15) is 13.3 Å². The average molecular weight is 264 g/mol. The summed E-state index contributed by atoms with van der Waals surface area (Å²) in [7, 11) is -1.77. The van der Waals surface area contributed by atoms with Crippen molar-refractivity contribution in [2.24, 2.45) is 0 Å². The van der Waals surface area contributed by atoms with Gasteiger partial charge in [0.25, 0.3) is 0 Å². The van der Waals surface area contributed by atoms with Gasteiger partial charge in [-0.1, -0.05) is 18.5 Å². The monoisotopic (exact) mass is 263 g/mol. The van der Waals surface area contributed by atoms with E-state index >= 15 is 0 Å². The number of anilines is 1. The molecule has 1 aromatic carbocycles. The Kier molecular flexibility index (Phi) is 4.44. The van der Waals surface area contributed by atoms with Crippen LogP contribution in [0.3, 0.4) is 0 Å². The average Bonchev–Trinajstić information content (AvgIpc) is 2.17. The van der Waals surface area contributed by atoms with Crippen LogP contribution in [-0.4, -0.2) is 21.3 Å². The predicted octanol–water partition coefficient (Wildman–Crippen LogP) is 2.50. The summed E-state index contributed by atoms with van der Waals surface area (Å²) in [5, 5.41) is 0.374. The topological polar surface area (TPSA) is 55.4 Å². The first-order valence-corrected chi connectivity index (χ1v) is 6.85. The fourth-order valence-electron chi connectivity index (χ4n) is 1.23. The van der Waals surface area contributed by atoms with Gasteiger partial charge in [0, 0.05) is 0 Å². The quantitative estimate of drug-likeness (QED) is 0.888. The summed E-state index contributed by atoms with van der Waals surface area (Å²) in [5.41, 5.74) is 0.444. The van der Waals surface area contributed by atoms with Crippen molar-refractivity contribution in [3.63, 3.8) is 0 Å². The van der Waals surface area contributed by atoms with Crippen LogP contribution in [0.2, 0.25) is 5.02 Å².